The monoisotopic (exact) mass is 279 g/mol. The Morgan fingerprint density at radius 3 is 2.65 bits per heavy atom. The molecule has 4 nitrogen and oxygen atoms in total. The highest BCUT2D eigenvalue weighted by molar-refractivity contribution is 5.14. The Kier molecular flexibility index (Phi) is 5.61. The minimum Gasteiger partial charge on any atom is -0.373 e. The summed E-state index contributed by atoms with van der Waals surface area (Å²) in [4.78, 5) is 0. The second kappa shape index (κ2) is 7.23. The van der Waals surface area contributed by atoms with Gasteiger partial charge in [-0.1, -0.05) is 26.2 Å². The maximum atomic E-state index is 6.30. The van der Waals surface area contributed by atoms with Crippen molar-refractivity contribution >= 4 is 0 Å². The van der Waals surface area contributed by atoms with Crippen LogP contribution in [0.4, 0.5) is 0 Å². The molecule has 1 aromatic rings. The van der Waals surface area contributed by atoms with Crippen LogP contribution in [0.3, 0.4) is 0 Å². The molecular formula is C16H29N3O. The van der Waals surface area contributed by atoms with Crippen LogP contribution >= 0.6 is 0 Å². The van der Waals surface area contributed by atoms with Crippen molar-refractivity contribution in [2.24, 2.45) is 0 Å². The first kappa shape index (κ1) is 15.5. The number of ether oxygens (including phenoxy) is 1. The van der Waals surface area contributed by atoms with E-state index in [9.17, 15) is 0 Å². The van der Waals surface area contributed by atoms with Crippen molar-refractivity contribution in [2.45, 2.75) is 71.1 Å². The smallest absolute Gasteiger partial charge is 0.0891 e. The van der Waals surface area contributed by atoms with Crippen LogP contribution in [0.2, 0.25) is 0 Å². The van der Waals surface area contributed by atoms with Gasteiger partial charge in [0.05, 0.1) is 17.3 Å². The van der Waals surface area contributed by atoms with Crippen molar-refractivity contribution in [3.05, 3.63) is 18.0 Å². The number of nitrogens with one attached hydrogen (secondary N) is 1. The zero-order valence-corrected chi connectivity index (χ0v) is 13.2. The molecule has 2 rings (SSSR count). The molecule has 1 atom stereocenters. The van der Waals surface area contributed by atoms with E-state index < -0.39 is 0 Å². The molecule has 1 unspecified atom stereocenters. The molecule has 1 saturated carbocycles. The quantitative estimate of drug-likeness (QED) is 0.832. The van der Waals surface area contributed by atoms with Crippen molar-refractivity contribution in [1.82, 2.24) is 15.1 Å². The molecule has 4 heteroatoms. The summed E-state index contributed by atoms with van der Waals surface area (Å²) >= 11 is 0. The summed E-state index contributed by atoms with van der Waals surface area (Å²) in [5.41, 5.74) is 1.21. The highest BCUT2D eigenvalue weighted by atomic mass is 16.5. The average molecular weight is 279 g/mol. The number of likely N-dealkylation sites (N-methyl/N-ethyl adjacent to an activating group) is 1. The van der Waals surface area contributed by atoms with E-state index in [-0.39, 0.29) is 11.6 Å². The molecule has 0 amide bonds. The van der Waals surface area contributed by atoms with E-state index in [4.69, 9.17) is 4.74 Å². The topological polar surface area (TPSA) is 39.1 Å². The molecule has 0 bridgehead atoms. The fourth-order valence-electron chi connectivity index (χ4n) is 3.57. The van der Waals surface area contributed by atoms with Crippen molar-refractivity contribution < 1.29 is 4.74 Å². The van der Waals surface area contributed by atoms with Gasteiger partial charge in [0.2, 0.25) is 0 Å². The van der Waals surface area contributed by atoms with Crippen molar-refractivity contribution in [2.75, 3.05) is 13.2 Å². The standard InChI is InChI=1S/C16H29N3O/c1-4-17-15(14-10-13-18-19(14)5-2)16(20-6-3)11-8-7-9-12-16/h10,13,15,17H,4-9,11-12H2,1-3H3. The van der Waals surface area contributed by atoms with Crippen LogP contribution in [0.25, 0.3) is 0 Å². The van der Waals surface area contributed by atoms with Gasteiger partial charge in [-0.3, -0.25) is 4.68 Å². The average Bonchev–Trinajstić information content (AvgIpc) is 2.94. The Hall–Kier alpha value is -0.870. The van der Waals surface area contributed by atoms with Crippen molar-refractivity contribution in [3.63, 3.8) is 0 Å². The fourth-order valence-corrected chi connectivity index (χ4v) is 3.57. The molecule has 0 aliphatic heterocycles. The zero-order chi connectivity index (χ0) is 14.4. The van der Waals surface area contributed by atoms with E-state index in [0.29, 0.717) is 0 Å². The van der Waals surface area contributed by atoms with Gasteiger partial charge < -0.3 is 10.1 Å². The van der Waals surface area contributed by atoms with Crippen molar-refractivity contribution in [1.29, 1.82) is 0 Å². The number of rotatable bonds is 7. The summed E-state index contributed by atoms with van der Waals surface area (Å²) in [5, 5.41) is 8.11. The Labute approximate surface area is 122 Å². The molecule has 0 aromatic carbocycles. The summed E-state index contributed by atoms with van der Waals surface area (Å²) in [6.45, 7) is 9.06. The second-order valence-corrected chi connectivity index (χ2v) is 5.62. The lowest BCUT2D eigenvalue weighted by Gasteiger charge is -2.43. The maximum absolute atomic E-state index is 6.30. The van der Waals surface area contributed by atoms with Crippen LogP contribution in [-0.2, 0) is 11.3 Å². The molecule has 0 spiro atoms. The largest absolute Gasteiger partial charge is 0.373 e. The lowest BCUT2D eigenvalue weighted by atomic mass is 9.77. The van der Waals surface area contributed by atoms with Crippen molar-refractivity contribution in [3.8, 4) is 0 Å². The normalized spacial score (nSPS) is 19.9. The highest BCUT2D eigenvalue weighted by Gasteiger charge is 2.42. The van der Waals surface area contributed by atoms with E-state index in [0.717, 1.165) is 32.5 Å². The molecule has 0 radical (unpaired) electrons. The van der Waals surface area contributed by atoms with Crippen LogP contribution in [0.15, 0.2) is 12.3 Å². The van der Waals surface area contributed by atoms with Crippen LogP contribution in [0.5, 0.6) is 0 Å². The van der Waals surface area contributed by atoms with E-state index in [2.05, 4.69) is 41.9 Å². The summed E-state index contributed by atoms with van der Waals surface area (Å²) in [7, 11) is 0. The lowest BCUT2D eigenvalue weighted by molar-refractivity contribution is -0.0926. The van der Waals surface area contributed by atoms with E-state index >= 15 is 0 Å². The van der Waals surface area contributed by atoms with Gasteiger partial charge in [-0.05, 0) is 39.3 Å². The number of aryl methyl sites for hydroxylation is 1. The first-order valence-electron chi connectivity index (χ1n) is 8.16. The third kappa shape index (κ3) is 3.07. The summed E-state index contributed by atoms with van der Waals surface area (Å²) in [6, 6.07) is 2.39. The Balaban J connectivity index is 2.33. The fraction of sp³-hybridized carbons (Fsp3) is 0.812. The van der Waals surface area contributed by atoms with Gasteiger partial charge in [0, 0.05) is 19.3 Å². The molecule has 20 heavy (non-hydrogen) atoms. The van der Waals surface area contributed by atoms with E-state index in [1.54, 1.807) is 0 Å². The number of aromatic nitrogens is 2. The number of nitrogens with zero attached hydrogens (tertiary/aromatic N) is 2. The van der Waals surface area contributed by atoms with Gasteiger partial charge in [0.25, 0.3) is 0 Å². The molecule has 1 fully saturated rings. The summed E-state index contributed by atoms with van der Waals surface area (Å²) in [5.74, 6) is 0. The second-order valence-electron chi connectivity index (χ2n) is 5.62. The van der Waals surface area contributed by atoms with Crippen LogP contribution in [0.1, 0.15) is 64.6 Å². The zero-order valence-electron chi connectivity index (χ0n) is 13.2. The highest BCUT2D eigenvalue weighted by Crippen LogP contribution is 2.41. The van der Waals surface area contributed by atoms with Crippen LogP contribution in [0, 0.1) is 0 Å². The number of hydrogen-bond donors (Lipinski definition) is 1. The summed E-state index contributed by atoms with van der Waals surface area (Å²) in [6.07, 6.45) is 8.07. The molecular weight excluding hydrogens is 250 g/mol. The van der Waals surface area contributed by atoms with E-state index in [1.807, 2.05) is 6.20 Å². The molecule has 0 saturated heterocycles. The van der Waals surface area contributed by atoms with E-state index in [1.165, 1.54) is 25.0 Å². The molecule has 1 aliphatic rings. The predicted molar refractivity (Wildman–Crippen MR) is 81.8 cm³/mol. The Morgan fingerprint density at radius 2 is 2.05 bits per heavy atom. The Morgan fingerprint density at radius 1 is 1.30 bits per heavy atom. The third-order valence-corrected chi connectivity index (χ3v) is 4.41. The maximum Gasteiger partial charge on any atom is 0.0891 e. The van der Waals surface area contributed by atoms with Gasteiger partial charge >= 0.3 is 0 Å². The Bertz CT molecular complexity index is 391. The first-order valence-corrected chi connectivity index (χ1v) is 8.16. The molecule has 1 aromatic heterocycles. The van der Waals surface area contributed by atoms with Gasteiger partial charge in [0.1, 0.15) is 0 Å². The minimum atomic E-state index is -0.0596. The number of hydrogen-bond acceptors (Lipinski definition) is 3. The third-order valence-electron chi connectivity index (χ3n) is 4.41. The summed E-state index contributed by atoms with van der Waals surface area (Å²) < 4.78 is 8.40. The molecule has 1 N–H and O–H groups in total. The van der Waals surface area contributed by atoms with Gasteiger partial charge in [-0.15, -0.1) is 0 Å². The van der Waals surface area contributed by atoms with Gasteiger partial charge in [-0.2, -0.15) is 5.10 Å². The SMILES string of the molecule is CCNC(c1ccnn1CC)C1(OCC)CCCCC1. The van der Waals surface area contributed by atoms with Gasteiger partial charge in [-0.25, -0.2) is 0 Å². The lowest BCUT2D eigenvalue weighted by Crippen LogP contribution is -2.48. The molecule has 1 heterocycles. The molecule has 114 valence electrons. The van der Waals surface area contributed by atoms with Crippen LogP contribution < -0.4 is 5.32 Å². The van der Waals surface area contributed by atoms with Crippen LogP contribution in [-0.4, -0.2) is 28.5 Å². The first-order chi connectivity index (χ1) is 9.77. The minimum absolute atomic E-state index is 0.0596. The molecule has 1 aliphatic carbocycles. The van der Waals surface area contributed by atoms with Gasteiger partial charge in [0.15, 0.2) is 0 Å². The predicted octanol–water partition coefficient (Wildman–Crippen LogP) is 3.29.